The summed E-state index contributed by atoms with van der Waals surface area (Å²) in [6, 6.07) is 16.9. The van der Waals surface area contributed by atoms with Crippen molar-refractivity contribution in [3.8, 4) is 0 Å². The molecule has 0 saturated carbocycles. The van der Waals surface area contributed by atoms with Crippen LogP contribution in [0.4, 0.5) is 0 Å². The van der Waals surface area contributed by atoms with E-state index >= 15 is 0 Å². The number of ether oxygens (including phenoxy) is 1. The molecule has 2 aromatic rings. The summed E-state index contributed by atoms with van der Waals surface area (Å²) in [5, 5.41) is 9.46. The molecule has 2 aromatic carbocycles. The second-order valence-electron chi connectivity index (χ2n) is 7.83. The molecule has 1 aliphatic heterocycles. The molecule has 8 heteroatoms. The smallest absolute Gasteiger partial charge is 0.337 e. The highest BCUT2D eigenvalue weighted by Gasteiger charge is 2.29. The zero-order valence-corrected chi connectivity index (χ0v) is 18.5. The minimum Gasteiger partial charge on any atom is -0.465 e. The van der Waals surface area contributed by atoms with Crippen LogP contribution in [0.2, 0.25) is 0 Å². The lowest BCUT2D eigenvalue weighted by molar-refractivity contribution is 0.0600. The summed E-state index contributed by atoms with van der Waals surface area (Å²) in [5.74, 6) is -0.0892. The van der Waals surface area contributed by atoms with Gasteiger partial charge in [-0.15, -0.1) is 0 Å². The quantitative estimate of drug-likeness (QED) is 0.455. The third-order valence-electron chi connectivity index (χ3n) is 5.86. The SMILES string of the molecule is COC(=O)c1ccc(CN(CC(c2ccccc2)N2CCC(CO)CC2)S(=O)O)cc1. The molecule has 2 unspecified atom stereocenters. The average molecular weight is 447 g/mol. The van der Waals surface area contributed by atoms with Crippen molar-refractivity contribution in [1.29, 1.82) is 0 Å². The number of rotatable bonds is 9. The van der Waals surface area contributed by atoms with E-state index in [0.29, 0.717) is 18.0 Å². The third kappa shape index (κ3) is 6.44. The summed E-state index contributed by atoms with van der Waals surface area (Å²) in [5.41, 5.74) is 2.37. The van der Waals surface area contributed by atoms with Crippen LogP contribution in [0.15, 0.2) is 54.6 Å². The summed E-state index contributed by atoms with van der Waals surface area (Å²) in [7, 11) is 1.33. The molecule has 7 nitrogen and oxygen atoms in total. The fraction of sp³-hybridized carbons (Fsp3) is 0.435. The molecule has 168 valence electrons. The normalized spacial score (nSPS) is 17.4. The lowest BCUT2D eigenvalue weighted by Gasteiger charge is -2.39. The van der Waals surface area contributed by atoms with E-state index < -0.39 is 17.2 Å². The molecule has 0 radical (unpaired) electrons. The van der Waals surface area contributed by atoms with E-state index in [1.807, 2.05) is 30.3 Å². The Morgan fingerprint density at radius 3 is 2.35 bits per heavy atom. The van der Waals surface area contributed by atoms with Crippen LogP contribution in [-0.2, 0) is 22.5 Å². The fourth-order valence-electron chi connectivity index (χ4n) is 4.00. The van der Waals surface area contributed by atoms with Crippen LogP contribution in [-0.4, -0.2) is 62.4 Å². The molecule has 3 rings (SSSR count). The van der Waals surface area contributed by atoms with Gasteiger partial charge in [0, 0.05) is 25.7 Å². The van der Waals surface area contributed by atoms with Crippen molar-refractivity contribution in [1.82, 2.24) is 9.21 Å². The van der Waals surface area contributed by atoms with Crippen molar-refractivity contribution in [2.24, 2.45) is 5.92 Å². The van der Waals surface area contributed by atoms with Crippen molar-refractivity contribution in [3.63, 3.8) is 0 Å². The van der Waals surface area contributed by atoms with E-state index in [2.05, 4.69) is 4.90 Å². The van der Waals surface area contributed by atoms with Gasteiger partial charge in [-0.25, -0.2) is 9.00 Å². The Kier molecular flexibility index (Phi) is 8.74. The zero-order chi connectivity index (χ0) is 22.2. The monoisotopic (exact) mass is 446 g/mol. The summed E-state index contributed by atoms with van der Waals surface area (Å²) in [4.78, 5) is 14.0. The summed E-state index contributed by atoms with van der Waals surface area (Å²) in [6.45, 7) is 2.55. The molecule has 1 heterocycles. The Labute approximate surface area is 186 Å². The van der Waals surface area contributed by atoms with E-state index in [1.54, 1.807) is 24.3 Å². The first kappa shape index (κ1) is 23.6. The zero-order valence-electron chi connectivity index (χ0n) is 17.7. The maximum atomic E-state index is 12.2. The third-order valence-corrected chi connectivity index (χ3v) is 6.58. The predicted molar refractivity (Wildman–Crippen MR) is 120 cm³/mol. The Hall–Kier alpha value is -2.10. The summed E-state index contributed by atoms with van der Waals surface area (Å²) in [6.07, 6.45) is 1.83. The molecular formula is C23H30N2O5S. The predicted octanol–water partition coefficient (Wildman–Crippen LogP) is 2.86. The van der Waals surface area contributed by atoms with E-state index in [0.717, 1.165) is 37.1 Å². The van der Waals surface area contributed by atoms with Gasteiger partial charge in [0.15, 0.2) is 0 Å². The fourth-order valence-corrected chi connectivity index (χ4v) is 4.53. The number of carbonyl (C=O) groups is 1. The van der Waals surface area contributed by atoms with Crippen molar-refractivity contribution in [3.05, 3.63) is 71.3 Å². The molecular weight excluding hydrogens is 416 g/mol. The lowest BCUT2D eigenvalue weighted by atomic mass is 9.95. The molecule has 1 saturated heterocycles. The Morgan fingerprint density at radius 1 is 1.16 bits per heavy atom. The van der Waals surface area contributed by atoms with E-state index in [1.165, 1.54) is 11.4 Å². The second kappa shape index (κ2) is 11.5. The minimum atomic E-state index is -2.15. The minimum absolute atomic E-state index is 0.0358. The van der Waals surface area contributed by atoms with E-state index in [4.69, 9.17) is 4.74 Å². The highest BCUT2D eigenvalue weighted by Crippen LogP contribution is 2.28. The van der Waals surface area contributed by atoms with Crippen LogP contribution in [0.1, 0.15) is 40.4 Å². The van der Waals surface area contributed by atoms with Crippen molar-refractivity contribution >= 4 is 17.2 Å². The molecule has 0 spiro atoms. The van der Waals surface area contributed by atoms with Gasteiger partial charge in [-0.2, -0.15) is 4.31 Å². The highest BCUT2D eigenvalue weighted by molar-refractivity contribution is 7.76. The molecule has 0 bridgehead atoms. The van der Waals surface area contributed by atoms with Crippen LogP contribution in [0.5, 0.6) is 0 Å². The molecule has 2 atom stereocenters. The molecule has 31 heavy (non-hydrogen) atoms. The van der Waals surface area contributed by atoms with Gasteiger partial charge >= 0.3 is 5.97 Å². The number of hydrogen-bond donors (Lipinski definition) is 2. The first-order valence-corrected chi connectivity index (χ1v) is 11.5. The number of methoxy groups -OCH3 is 1. The number of nitrogens with zero attached hydrogens (tertiary/aromatic N) is 2. The van der Waals surface area contributed by atoms with Crippen molar-refractivity contribution < 1.29 is 23.4 Å². The molecule has 0 aromatic heterocycles. The van der Waals surface area contributed by atoms with Gasteiger partial charge in [0.2, 0.25) is 11.3 Å². The molecule has 0 aliphatic carbocycles. The standard InChI is InChI=1S/C23H30N2O5S/c1-30-23(27)21-9-7-18(8-10-21)15-25(31(28)29)16-22(20-5-3-2-4-6-20)24-13-11-19(17-26)12-14-24/h2-10,19,22,26H,11-17H2,1H3,(H,28,29). The maximum absolute atomic E-state index is 12.2. The Balaban J connectivity index is 1.76. The van der Waals surface area contributed by atoms with Crippen LogP contribution in [0, 0.1) is 5.92 Å². The second-order valence-corrected chi connectivity index (χ2v) is 8.81. The van der Waals surface area contributed by atoms with Gasteiger partial charge in [-0.3, -0.25) is 9.45 Å². The molecule has 0 amide bonds. The van der Waals surface area contributed by atoms with Gasteiger partial charge in [0.25, 0.3) is 0 Å². The lowest BCUT2D eigenvalue weighted by Crippen LogP contribution is -2.43. The molecule has 1 aliphatic rings. The van der Waals surface area contributed by atoms with Crippen LogP contribution >= 0.6 is 0 Å². The van der Waals surface area contributed by atoms with Crippen LogP contribution < -0.4 is 0 Å². The van der Waals surface area contributed by atoms with Gasteiger partial charge in [-0.05, 0) is 55.1 Å². The maximum Gasteiger partial charge on any atom is 0.337 e. The Bertz CT molecular complexity index is 854. The Morgan fingerprint density at radius 2 is 1.81 bits per heavy atom. The number of carbonyl (C=O) groups excluding carboxylic acids is 1. The molecule has 1 fully saturated rings. The molecule has 2 N–H and O–H groups in total. The van der Waals surface area contributed by atoms with Crippen LogP contribution in [0.25, 0.3) is 0 Å². The van der Waals surface area contributed by atoms with Crippen molar-refractivity contribution in [2.45, 2.75) is 25.4 Å². The summed E-state index contributed by atoms with van der Waals surface area (Å²) < 4.78 is 28.4. The number of aliphatic hydroxyl groups is 1. The first-order valence-electron chi connectivity index (χ1n) is 10.4. The van der Waals surface area contributed by atoms with Gasteiger partial charge in [0.05, 0.1) is 12.7 Å². The number of likely N-dealkylation sites (tertiary alicyclic amines) is 1. The average Bonchev–Trinajstić information content (AvgIpc) is 2.82. The number of aliphatic hydroxyl groups excluding tert-OH is 1. The number of benzene rings is 2. The van der Waals surface area contributed by atoms with E-state index in [9.17, 15) is 18.7 Å². The summed E-state index contributed by atoms with van der Waals surface area (Å²) >= 11 is -2.15. The van der Waals surface area contributed by atoms with Crippen molar-refractivity contribution in [2.75, 3.05) is 33.4 Å². The number of esters is 1. The first-order chi connectivity index (χ1) is 15.0. The van der Waals surface area contributed by atoms with E-state index in [-0.39, 0.29) is 19.2 Å². The van der Waals surface area contributed by atoms with Gasteiger partial charge in [-0.1, -0.05) is 42.5 Å². The van der Waals surface area contributed by atoms with Crippen LogP contribution in [0.3, 0.4) is 0 Å². The van der Waals surface area contributed by atoms with Gasteiger partial charge < -0.3 is 9.84 Å². The van der Waals surface area contributed by atoms with Gasteiger partial charge in [0.1, 0.15) is 0 Å². The highest BCUT2D eigenvalue weighted by atomic mass is 32.2. The number of piperidine rings is 1. The number of hydrogen-bond acceptors (Lipinski definition) is 5. The largest absolute Gasteiger partial charge is 0.465 e. The topological polar surface area (TPSA) is 90.3 Å².